The zero-order valence-electron chi connectivity index (χ0n) is 12.4. The van der Waals surface area contributed by atoms with Crippen molar-refractivity contribution >= 4 is 5.95 Å². The van der Waals surface area contributed by atoms with Gasteiger partial charge in [-0.25, -0.2) is 9.97 Å². The monoisotopic (exact) mass is 283 g/mol. The molecule has 0 radical (unpaired) electrons. The summed E-state index contributed by atoms with van der Waals surface area (Å²) in [5.74, 6) is 0.314. The van der Waals surface area contributed by atoms with Crippen molar-refractivity contribution in [3.63, 3.8) is 0 Å². The molecule has 0 amide bonds. The highest BCUT2D eigenvalue weighted by atomic mass is 15.2. The molecule has 0 spiro atoms. The summed E-state index contributed by atoms with van der Waals surface area (Å²) >= 11 is 0. The summed E-state index contributed by atoms with van der Waals surface area (Å²) in [5, 5.41) is 0. The molecule has 0 atom stereocenters. The van der Waals surface area contributed by atoms with Crippen LogP contribution in [0.15, 0.2) is 36.5 Å². The Morgan fingerprint density at radius 1 is 1.05 bits per heavy atom. The van der Waals surface area contributed by atoms with Crippen LogP contribution in [0.4, 0.5) is 5.95 Å². The highest BCUT2D eigenvalue weighted by molar-refractivity contribution is 5.59. The van der Waals surface area contributed by atoms with Crippen LogP contribution >= 0.6 is 0 Å². The van der Waals surface area contributed by atoms with E-state index in [4.69, 9.17) is 5.73 Å². The molecule has 2 heterocycles. The van der Waals surface area contributed by atoms with Crippen molar-refractivity contribution in [1.82, 2.24) is 19.8 Å². The molecule has 5 nitrogen and oxygen atoms in total. The quantitative estimate of drug-likeness (QED) is 0.924. The van der Waals surface area contributed by atoms with E-state index in [0.717, 1.165) is 44.0 Å². The lowest BCUT2D eigenvalue weighted by atomic mass is 10.1. The van der Waals surface area contributed by atoms with Gasteiger partial charge < -0.3 is 10.6 Å². The maximum absolute atomic E-state index is 5.63. The van der Waals surface area contributed by atoms with E-state index in [-0.39, 0.29) is 0 Å². The van der Waals surface area contributed by atoms with Gasteiger partial charge in [0.05, 0.1) is 5.69 Å². The molecule has 0 aliphatic carbocycles. The first-order valence-electron chi connectivity index (χ1n) is 7.29. The van der Waals surface area contributed by atoms with E-state index in [1.54, 1.807) is 6.20 Å². The Labute approximate surface area is 125 Å². The third-order valence-corrected chi connectivity index (χ3v) is 3.93. The SMILES string of the molecule is CN1CCN(Cc2ccc(-c3ccnc(N)n3)cc2)CC1. The third-order valence-electron chi connectivity index (χ3n) is 3.93. The summed E-state index contributed by atoms with van der Waals surface area (Å²) in [5.41, 5.74) is 8.91. The molecule has 0 unspecified atom stereocenters. The Balaban J connectivity index is 1.67. The summed E-state index contributed by atoms with van der Waals surface area (Å²) in [6, 6.07) is 10.4. The molecule has 1 aromatic heterocycles. The standard InChI is InChI=1S/C16H21N5/c1-20-8-10-21(11-9-20)12-13-2-4-14(5-3-13)15-6-7-18-16(17)19-15/h2-7H,8-12H2,1H3,(H2,17,18,19). The first-order valence-corrected chi connectivity index (χ1v) is 7.29. The Bertz CT molecular complexity index is 588. The van der Waals surface area contributed by atoms with Gasteiger partial charge in [-0.05, 0) is 18.7 Å². The topological polar surface area (TPSA) is 58.3 Å². The highest BCUT2D eigenvalue weighted by Crippen LogP contribution is 2.18. The van der Waals surface area contributed by atoms with E-state index < -0.39 is 0 Å². The minimum atomic E-state index is 0.314. The minimum absolute atomic E-state index is 0.314. The highest BCUT2D eigenvalue weighted by Gasteiger charge is 2.13. The van der Waals surface area contributed by atoms with Gasteiger partial charge in [-0.2, -0.15) is 0 Å². The number of rotatable bonds is 3. The van der Waals surface area contributed by atoms with Crippen molar-refractivity contribution in [2.75, 3.05) is 39.0 Å². The van der Waals surface area contributed by atoms with Crippen molar-refractivity contribution in [2.24, 2.45) is 0 Å². The zero-order chi connectivity index (χ0) is 14.7. The average molecular weight is 283 g/mol. The fraction of sp³-hybridized carbons (Fsp3) is 0.375. The van der Waals surface area contributed by atoms with Crippen LogP contribution in [0, 0.1) is 0 Å². The number of piperazine rings is 1. The molecule has 5 heteroatoms. The number of likely N-dealkylation sites (N-methyl/N-ethyl adjacent to an activating group) is 1. The molecule has 1 aliphatic rings. The second-order valence-electron chi connectivity index (χ2n) is 5.58. The number of aromatic nitrogens is 2. The summed E-state index contributed by atoms with van der Waals surface area (Å²) in [4.78, 5) is 13.0. The van der Waals surface area contributed by atoms with Crippen molar-refractivity contribution < 1.29 is 0 Å². The molecular formula is C16H21N5. The zero-order valence-corrected chi connectivity index (χ0v) is 12.4. The Morgan fingerprint density at radius 3 is 2.43 bits per heavy atom. The van der Waals surface area contributed by atoms with Gasteiger partial charge in [-0.1, -0.05) is 24.3 Å². The fourth-order valence-corrected chi connectivity index (χ4v) is 2.58. The fourth-order valence-electron chi connectivity index (χ4n) is 2.58. The number of hydrogen-bond acceptors (Lipinski definition) is 5. The molecule has 1 aromatic carbocycles. The number of anilines is 1. The molecule has 3 rings (SSSR count). The molecule has 1 saturated heterocycles. The number of benzene rings is 1. The smallest absolute Gasteiger partial charge is 0.220 e. The molecule has 0 saturated carbocycles. The van der Waals surface area contributed by atoms with E-state index in [1.807, 2.05) is 6.07 Å². The van der Waals surface area contributed by atoms with Crippen molar-refractivity contribution in [3.8, 4) is 11.3 Å². The Hall–Kier alpha value is -1.98. The average Bonchev–Trinajstić information content (AvgIpc) is 2.50. The third kappa shape index (κ3) is 3.56. The lowest BCUT2D eigenvalue weighted by molar-refractivity contribution is 0.148. The molecule has 1 fully saturated rings. The van der Waals surface area contributed by atoms with Crippen LogP contribution in [0.1, 0.15) is 5.56 Å². The van der Waals surface area contributed by atoms with E-state index in [1.165, 1.54) is 5.56 Å². The molecule has 0 bridgehead atoms. The second-order valence-corrected chi connectivity index (χ2v) is 5.58. The van der Waals surface area contributed by atoms with Gasteiger partial charge in [0.1, 0.15) is 0 Å². The number of nitrogen functional groups attached to an aromatic ring is 1. The van der Waals surface area contributed by atoms with Gasteiger partial charge in [-0.15, -0.1) is 0 Å². The van der Waals surface area contributed by atoms with Crippen LogP contribution in [0.3, 0.4) is 0 Å². The summed E-state index contributed by atoms with van der Waals surface area (Å²) in [7, 11) is 2.18. The summed E-state index contributed by atoms with van der Waals surface area (Å²) in [6.45, 7) is 5.60. The van der Waals surface area contributed by atoms with Gasteiger partial charge in [0.2, 0.25) is 5.95 Å². The van der Waals surface area contributed by atoms with Crippen LogP contribution < -0.4 is 5.73 Å². The maximum atomic E-state index is 5.63. The van der Waals surface area contributed by atoms with Crippen LogP contribution in [-0.2, 0) is 6.54 Å². The van der Waals surface area contributed by atoms with Crippen molar-refractivity contribution in [3.05, 3.63) is 42.1 Å². The number of hydrogen-bond donors (Lipinski definition) is 1. The molecular weight excluding hydrogens is 262 g/mol. The van der Waals surface area contributed by atoms with Crippen molar-refractivity contribution in [1.29, 1.82) is 0 Å². The number of nitrogens with zero attached hydrogens (tertiary/aromatic N) is 4. The molecule has 21 heavy (non-hydrogen) atoms. The van der Waals surface area contributed by atoms with E-state index in [9.17, 15) is 0 Å². The Morgan fingerprint density at radius 2 is 1.76 bits per heavy atom. The van der Waals surface area contributed by atoms with E-state index in [0.29, 0.717) is 5.95 Å². The molecule has 1 aliphatic heterocycles. The van der Waals surface area contributed by atoms with Gasteiger partial charge in [0.15, 0.2) is 0 Å². The molecule has 110 valence electrons. The van der Waals surface area contributed by atoms with Gasteiger partial charge in [-0.3, -0.25) is 4.90 Å². The largest absolute Gasteiger partial charge is 0.368 e. The van der Waals surface area contributed by atoms with Crippen LogP contribution in [-0.4, -0.2) is 53.0 Å². The number of nitrogens with two attached hydrogens (primary N) is 1. The first kappa shape index (κ1) is 14.0. The normalized spacial score (nSPS) is 17.0. The molecule has 2 aromatic rings. The second kappa shape index (κ2) is 6.20. The Kier molecular flexibility index (Phi) is 4.13. The van der Waals surface area contributed by atoms with Gasteiger partial charge in [0.25, 0.3) is 0 Å². The summed E-state index contributed by atoms with van der Waals surface area (Å²) in [6.07, 6.45) is 1.69. The maximum Gasteiger partial charge on any atom is 0.220 e. The van der Waals surface area contributed by atoms with Crippen LogP contribution in [0.5, 0.6) is 0 Å². The molecule has 2 N–H and O–H groups in total. The van der Waals surface area contributed by atoms with Crippen LogP contribution in [0.2, 0.25) is 0 Å². The van der Waals surface area contributed by atoms with E-state index in [2.05, 4.69) is 51.1 Å². The van der Waals surface area contributed by atoms with Crippen molar-refractivity contribution in [2.45, 2.75) is 6.54 Å². The lowest BCUT2D eigenvalue weighted by Gasteiger charge is -2.32. The predicted molar refractivity (Wildman–Crippen MR) is 84.7 cm³/mol. The summed E-state index contributed by atoms with van der Waals surface area (Å²) < 4.78 is 0. The van der Waals surface area contributed by atoms with Gasteiger partial charge >= 0.3 is 0 Å². The minimum Gasteiger partial charge on any atom is -0.368 e. The van der Waals surface area contributed by atoms with Gasteiger partial charge in [0, 0.05) is 44.5 Å². The van der Waals surface area contributed by atoms with E-state index >= 15 is 0 Å². The predicted octanol–water partition coefficient (Wildman–Crippen LogP) is 1.47. The first-order chi connectivity index (χ1) is 10.2. The van der Waals surface area contributed by atoms with Crippen LogP contribution in [0.25, 0.3) is 11.3 Å². The lowest BCUT2D eigenvalue weighted by Crippen LogP contribution is -2.43.